The molecule has 0 spiro atoms. The van der Waals surface area contributed by atoms with E-state index in [1.165, 1.54) is 0 Å². The predicted molar refractivity (Wildman–Crippen MR) is 66.9 cm³/mol. The summed E-state index contributed by atoms with van der Waals surface area (Å²) in [6.07, 6.45) is 1.43. The van der Waals surface area contributed by atoms with Crippen molar-refractivity contribution in [2.45, 2.75) is 12.8 Å². The van der Waals surface area contributed by atoms with Crippen molar-refractivity contribution < 1.29 is 14.3 Å². The molecule has 2 rings (SSSR count). The number of benzene rings is 1. The van der Waals surface area contributed by atoms with Crippen molar-refractivity contribution in [3.8, 4) is 0 Å². The van der Waals surface area contributed by atoms with Crippen molar-refractivity contribution in [1.29, 1.82) is 0 Å². The van der Waals surface area contributed by atoms with Crippen LogP contribution in [0.2, 0.25) is 0 Å². The molecule has 1 aromatic rings. The molecule has 1 saturated heterocycles. The quantitative estimate of drug-likeness (QED) is 0.462. The molecular formula is C13H16N2O3. The highest BCUT2D eigenvalue weighted by molar-refractivity contribution is 5.97. The average Bonchev–Trinajstić information content (AvgIpc) is 2.40. The first-order valence-corrected chi connectivity index (χ1v) is 5.99. The number of esters is 2. The Morgan fingerprint density at radius 1 is 1.17 bits per heavy atom. The lowest BCUT2D eigenvalue weighted by molar-refractivity contribution is -0.143. The number of hydrogen-bond acceptors (Lipinski definition) is 5. The van der Waals surface area contributed by atoms with Crippen LogP contribution in [0, 0.1) is 5.92 Å². The Balaban J connectivity index is 1.94. The Morgan fingerprint density at radius 3 is 2.39 bits per heavy atom. The highest BCUT2D eigenvalue weighted by Crippen LogP contribution is 2.15. The van der Waals surface area contributed by atoms with Crippen LogP contribution in [0.25, 0.3) is 0 Å². The van der Waals surface area contributed by atoms with Crippen LogP contribution in [-0.4, -0.2) is 25.0 Å². The molecule has 1 fully saturated rings. The molecule has 0 atom stereocenters. The van der Waals surface area contributed by atoms with Crippen LogP contribution in [-0.2, 0) is 9.53 Å². The summed E-state index contributed by atoms with van der Waals surface area (Å²) in [6, 6.07) is 6.30. The molecule has 0 amide bonds. The van der Waals surface area contributed by atoms with E-state index in [1.54, 1.807) is 24.3 Å². The predicted octanol–water partition coefficient (Wildman–Crippen LogP) is 0.952. The van der Waals surface area contributed by atoms with E-state index >= 15 is 0 Å². The number of carbonyl (C=O) groups is 2. The number of ether oxygens (including phenoxy) is 1. The highest BCUT2D eigenvalue weighted by Gasteiger charge is 2.24. The fraction of sp³-hybridized carbons (Fsp3) is 0.385. The number of carbonyl (C=O) groups excluding carboxylic acids is 2. The molecular weight excluding hydrogens is 232 g/mol. The second kappa shape index (κ2) is 5.64. The SMILES string of the molecule is Nc1ccc(C(=O)OC(=O)C2CCNCC2)cc1. The second-order valence-electron chi connectivity index (χ2n) is 4.35. The van der Waals surface area contributed by atoms with Gasteiger partial charge in [-0.1, -0.05) is 0 Å². The summed E-state index contributed by atoms with van der Waals surface area (Å²) >= 11 is 0. The van der Waals surface area contributed by atoms with Crippen molar-refractivity contribution in [3.05, 3.63) is 29.8 Å². The first-order valence-electron chi connectivity index (χ1n) is 5.99. The fourth-order valence-electron chi connectivity index (χ4n) is 1.91. The maximum atomic E-state index is 11.8. The van der Waals surface area contributed by atoms with Gasteiger partial charge in [-0.2, -0.15) is 0 Å². The Kier molecular flexibility index (Phi) is 3.94. The Labute approximate surface area is 105 Å². The second-order valence-corrected chi connectivity index (χ2v) is 4.35. The maximum absolute atomic E-state index is 11.8. The van der Waals surface area contributed by atoms with Gasteiger partial charge in [0, 0.05) is 5.69 Å². The summed E-state index contributed by atoms with van der Waals surface area (Å²) < 4.78 is 4.87. The van der Waals surface area contributed by atoms with Gasteiger partial charge in [-0.05, 0) is 50.2 Å². The van der Waals surface area contributed by atoms with Gasteiger partial charge in [0.25, 0.3) is 0 Å². The number of nitrogen functional groups attached to an aromatic ring is 1. The lowest BCUT2D eigenvalue weighted by Crippen LogP contribution is -2.33. The van der Waals surface area contributed by atoms with Crippen LogP contribution in [0.5, 0.6) is 0 Å². The van der Waals surface area contributed by atoms with E-state index < -0.39 is 11.9 Å². The summed E-state index contributed by atoms with van der Waals surface area (Å²) in [6.45, 7) is 1.58. The number of piperidine rings is 1. The largest absolute Gasteiger partial charge is 0.399 e. The first kappa shape index (κ1) is 12.6. The zero-order valence-electron chi connectivity index (χ0n) is 10.0. The van der Waals surface area contributed by atoms with Gasteiger partial charge < -0.3 is 15.8 Å². The van der Waals surface area contributed by atoms with Crippen molar-refractivity contribution >= 4 is 17.6 Å². The number of hydrogen-bond donors (Lipinski definition) is 2. The normalized spacial score (nSPS) is 16.2. The van der Waals surface area contributed by atoms with Crippen LogP contribution in [0.1, 0.15) is 23.2 Å². The first-order chi connectivity index (χ1) is 8.66. The van der Waals surface area contributed by atoms with E-state index in [0.717, 1.165) is 13.1 Å². The van der Waals surface area contributed by atoms with Gasteiger partial charge in [0.15, 0.2) is 0 Å². The third-order valence-electron chi connectivity index (χ3n) is 3.01. The molecule has 0 unspecified atom stereocenters. The van der Waals surface area contributed by atoms with Gasteiger partial charge in [0.05, 0.1) is 11.5 Å². The molecule has 18 heavy (non-hydrogen) atoms. The van der Waals surface area contributed by atoms with E-state index in [2.05, 4.69) is 5.32 Å². The molecule has 1 aromatic carbocycles. The van der Waals surface area contributed by atoms with Gasteiger partial charge in [0.1, 0.15) is 0 Å². The molecule has 1 aliphatic heterocycles. The molecule has 0 radical (unpaired) electrons. The summed E-state index contributed by atoms with van der Waals surface area (Å²) in [5, 5.41) is 3.15. The summed E-state index contributed by atoms with van der Waals surface area (Å²) in [4.78, 5) is 23.5. The highest BCUT2D eigenvalue weighted by atomic mass is 16.6. The van der Waals surface area contributed by atoms with E-state index in [-0.39, 0.29) is 5.92 Å². The van der Waals surface area contributed by atoms with Crippen LogP contribution >= 0.6 is 0 Å². The molecule has 1 aliphatic rings. The fourth-order valence-corrected chi connectivity index (χ4v) is 1.91. The van der Waals surface area contributed by atoms with Gasteiger partial charge >= 0.3 is 11.9 Å². The van der Waals surface area contributed by atoms with E-state index in [9.17, 15) is 9.59 Å². The maximum Gasteiger partial charge on any atom is 0.345 e. The molecule has 0 bridgehead atoms. The van der Waals surface area contributed by atoms with Crippen LogP contribution in [0.15, 0.2) is 24.3 Å². The van der Waals surface area contributed by atoms with Crippen molar-refractivity contribution in [1.82, 2.24) is 5.32 Å². The summed E-state index contributed by atoms with van der Waals surface area (Å²) in [7, 11) is 0. The third kappa shape index (κ3) is 3.07. The topological polar surface area (TPSA) is 81.4 Å². The summed E-state index contributed by atoms with van der Waals surface area (Å²) in [5.41, 5.74) is 6.42. The smallest absolute Gasteiger partial charge is 0.345 e. The van der Waals surface area contributed by atoms with E-state index in [0.29, 0.717) is 24.1 Å². The van der Waals surface area contributed by atoms with Crippen molar-refractivity contribution in [3.63, 3.8) is 0 Å². The Hall–Kier alpha value is -1.88. The Morgan fingerprint density at radius 2 is 1.78 bits per heavy atom. The molecule has 3 N–H and O–H groups in total. The minimum Gasteiger partial charge on any atom is -0.399 e. The van der Waals surface area contributed by atoms with Crippen LogP contribution in [0.4, 0.5) is 5.69 Å². The number of anilines is 1. The van der Waals surface area contributed by atoms with Crippen molar-refractivity contribution in [2.24, 2.45) is 5.92 Å². The standard InChI is InChI=1S/C13H16N2O3/c14-11-3-1-9(2-4-11)12(16)18-13(17)10-5-7-15-8-6-10/h1-4,10,15H,5-8,14H2. The lowest BCUT2D eigenvalue weighted by Gasteiger charge is -2.20. The molecule has 0 aliphatic carbocycles. The van der Waals surface area contributed by atoms with Crippen LogP contribution in [0.3, 0.4) is 0 Å². The molecule has 5 heteroatoms. The monoisotopic (exact) mass is 248 g/mol. The van der Waals surface area contributed by atoms with Gasteiger partial charge in [-0.25, -0.2) is 4.79 Å². The number of rotatable bonds is 2. The summed E-state index contributed by atoms with van der Waals surface area (Å²) in [5.74, 6) is -1.22. The van der Waals surface area contributed by atoms with Crippen molar-refractivity contribution in [2.75, 3.05) is 18.8 Å². The number of nitrogens with two attached hydrogens (primary N) is 1. The zero-order valence-corrected chi connectivity index (χ0v) is 10.0. The van der Waals surface area contributed by atoms with E-state index in [1.807, 2.05) is 0 Å². The van der Waals surface area contributed by atoms with E-state index in [4.69, 9.17) is 10.5 Å². The minimum absolute atomic E-state index is 0.177. The van der Waals surface area contributed by atoms with Gasteiger partial charge in [-0.3, -0.25) is 4.79 Å². The lowest BCUT2D eigenvalue weighted by atomic mass is 9.98. The molecule has 0 aromatic heterocycles. The Bertz CT molecular complexity index is 436. The zero-order chi connectivity index (χ0) is 13.0. The average molecular weight is 248 g/mol. The molecule has 5 nitrogen and oxygen atoms in total. The van der Waals surface area contributed by atoms with Gasteiger partial charge in [-0.15, -0.1) is 0 Å². The molecule has 0 saturated carbocycles. The minimum atomic E-state index is -0.612. The van der Waals surface area contributed by atoms with Gasteiger partial charge in [0.2, 0.25) is 0 Å². The number of nitrogens with one attached hydrogen (secondary N) is 1. The molecule has 96 valence electrons. The molecule has 1 heterocycles. The third-order valence-corrected chi connectivity index (χ3v) is 3.01. The van der Waals surface area contributed by atoms with Crippen LogP contribution < -0.4 is 11.1 Å².